The predicted octanol–water partition coefficient (Wildman–Crippen LogP) is 1.82. The summed E-state index contributed by atoms with van der Waals surface area (Å²) in [6.07, 6.45) is 5.74. The van der Waals surface area contributed by atoms with Crippen LogP contribution in [0, 0.1) is 0 Å². The van der Waals surface area contributed by atoms with Gasteiger partial charge < -0.3 is 4.74 Å². The first-order valence-corrected chi connectivity index (χ1v) is 6.64. The smallest absolute Gasteiger partial charge is 0.338 e. The Morgan fingerprint density at radius 3 is 2.75 bits per heavy atom. The molecule has 0 amide bonds. The number of nitrogens with zero attached hydrogens (tertiary/aromatic N) is 2. The second-order valence-electron chi connectivity index (χ2n) is 5.00. The minimum atomic E-state index is -0.379. The van der Waals surface area contributed by atoms with Crippen molar-refractivity contribution in [1.29, 1.82) is 0 Å². The van der Waals surface area contributed by atoms with Gasteiger partial charge >= 0.3 is 11.7 Å². The van der Waals surface area contributed by atoms with E-state index in [2.05, 4.69) is 0 Å². The predicted molar refractivity (Wildman–Crippen MR) is 73.8 cm³/mol. The van der Waals surface area contributed by atoms with E-state index in [1.807, 2.05) is 18.3 Å². The van der Waals surface area contributed by atoms with Crippen LogP contribution in [-0.4, -0.2) is 22.2 Å². The molecule has 5 nitrogen and oxygen atoms in total. The highest BCUT2D eigenvalue weighted by Gasteiger charge is 2.25. The third kappa shape index (κ3) is 2.27. The zero-order valence-electron chi connectivity index (χ0n) is 11.3. The molecular weight excluding hydrogens is 256 g/mol. The molecule has 1 aliphatic rings. The van der Waals surface area contributed by atoms with E-state index < -0.39 is 0 Å². The lowest BCUT2D eigenvalue weighted by Crippen LogP contribution is -2.24. The van der Waals surface area contributed by atoms with Gasteiger partial charge in [0.1, 0.15) is 0 Å². The molecule has 5 heteroatoms. The average Bonchev–Trinajstić information content (AvgIpc) is 3.25. The molecule has 104 valence electrons. The molecule has 2 aromatic rings. The van der Waals surface area contributed by atoms with Gasteiger partial charge in [0.15, 0.2) is 0 Å². The number of carbonyl (C=O) groups is 1. The zero-order chi connectivity index (χ0) is 14.1. The summed E-state index contributed by atoms with van der Waals surface area (Å²) in [5, 5.41) is 0. The lowest BCUT2D eigenvalue weighted by molar-refractivity contribution is 0.0599. The van der Waals surface area contributed by atoms with E-state index in [1.165, 1.54) is 7.11 Å². The van der Waals surface area contributed by atoms with Gasteiger partial charge in [0, 0.05) is 18.4 Å². The van der Waals surface area contributed by atoms with Crippen molar-refractivity contribution >= 4 is 5.97 Å². The Hall–Kier alpha value is -2.30. The number of rotatable bonds is 4. The van der Waals surface area contributed by atoms with Crippen molar-refractivity contribution in [3.05, 3.63) is 58.3 Å². The van der Waals surface area contributed by atoms with Gasteiger partial charge in [-0.1, -0.05) is 18.2 Å². The number of benzene rings is 1. The third-order valence-electron chi connectivity index (χ3n) is 3.58. The molecule has 0 spiro atoms. The van der Waals surface area contributed by atoms with Gasteiger partial charge in [-0.15, -0.1) is 0 Å². The number of methoxy groups -OCH3 is 1. The Balaban J connectivity index is 1.91. The van der Waals surface area contributed by atoms with E-state index in [9.17, 15) is 9.59 Å². The summed E-state index contributed by atoms with van der Waals surface area (Å²) in [5.41, 5.74) is 1.27. The Labute approximate surface area is 116 Å². The Morgan fingerprint density at radius 2 is 2.05 bits per heavy atom. The second kappa shape index (κ2) is 5.00. The fourth-order valence-electron chi connectivity index (χ4n) is 2.33. The first-order valence-electron chi connectivity index (χ1n) is 6.64. The second-order valence-corrected chi connectivity index (χ2v) is 5.00. The summed E-state index contributed by atoms with van der Waals surface area (Å²) < 4.78 is 8.16. The maximum Gasteiger partial charge on any atom is 0.338 e. The summed E-state index contributed by atoms with van der Waals surface area (Å²) in [5.74, 6) is -0.379. The highest BCUT2D eigenvalue weighted by molar-refractivity contribution is 5.90. The van der Waals surface area contributed by atoms with Gasteiger partial charge in [-0.2, -0.15) is 0 Å². The molecule has 3 rings (SSSR count). The number of esters is 1. The van der Waals surface area contributed by atoms with Gasteiger partial charge in [0.25, 0.3) is 0 Å². The molecule has 1 fully saturated rings. The van der Waals surface area contributed by atoms with E-state index in [0.29, 0.717) is 18.2 Å². The summed E-state index contributed by atoms with van der Waals surface area (Å²) in [7, 11) is 1.36. The van der Waals surface area contributed by atoms with Crippen LogP contribution in [0.5, 0.6) is 0 Å². The Kier molecular flexibility index (Phi) is 3.18. The topological polar surface area (TPSA) is 53.2 Å². The van der Waals surface area contributed by atoms with Crippen LogP contribution in [0.3, 0.4) is 0 Å². The number of imidazole rings is 1. The van der Waals surface area contributed by atoms with Crippen molar-refractivity contribution in [3.8, 4) is 0 Å². The molecule has 0 bridgehead atoms. The van der Waals surface area contributed by atoms with Crippen molar-refractivity contribution < 1.29 is 9.53 Å². The van der Waals surface area contributed by atoms with Crippen molar-refractivity contribution in [2.75, 3.05) is 7.11 Å². The normalized spacial score (nSPS) is 14.2. The van der Waals surface area contributed by atoms with Crippen molar-refractivity contribution in [3.63, 3.8) is 0 Å². The quantitative estimate of drug-likeness (QED) is 0.798. The first kappa shape index (κ1) is 12.7. The van der Waals surface area contributed by atoms with E-state index in [0.717, 1.165) is 18.4 Å². The van der Waals surface area contributed by atoms with Crippen LogP contribution in [0.2, 0.25) is 0 Å². The molecule has 0 N–H and O–H groups in total. The first-order chi connectivity index (χ1) is 9.70. The van der Waals surface area contributed by atoms with E-state index in [-0.39, 0.29) is 11.7 Å². The van der Waals surface area contributed by atoms with Gasteiger partial charge in [0.05, 0.1) is 19.2 Å². The number of carbonyl (C=O) groups excluding carboxylic acids is 1. The molecule has 0 aliphatic heterocycles. The van der Waals surface area contributed by atoms with Crippen LogP contribution in [0.1, 0.15) is 34.8 Å². The SMILES string of the molecule is COC(=O)c1ccccc1Cn1ccn(C2CC2)c1=O. The molecular formula is C15H16N2O3. The third-order valence-corrected chi connectivity index (χ3v) is 3.58. The van der Waals surface area contributed by atoms with Crippen LogP contribution in [0.25, 0.3) is 0 Å². The van der Waals surface area contributed by atoms with Crippen LogP contribution in [-0.2, 0) is 11.3 Å². The molecule has 20 heavy (non-hydrogen) atoms. The van der Waals surface area contributed by atoms with Crippen LogP contribution in [0.4, 0.5) is 0 Å². The van der Waals surface area contributed by atoms with Crippen LogP contribution >= 0.6 is 0 Å². The summed E-state index contributed by atoms with van der Waals surface area (Å²) in [6.45, 7) is 0.379. The molecule has 0 radical (unpaired) electrons. The molecule has 1 aromatic heterocycles. The van der Waals surface area contributed by atoms with Gasteiger partial charge in [-0.05, 0) is 24.5 Å². The molecule has 0 saturated heterocycles. The summed E-state index contributed by atoms with van der Waals surface area (Å²) in [4.78, 5) is 23.9. The highest BCUT2D eigenvalue weighted by Crippen LogP contribution is 2.33. The summed E-state index contributed by atoms with van der Waals surface area (Å²) in [6, 6.07) is 7.55. The van der Waals surface area contributed by atoms with Crippen molar-refractivity contribution in [2.45, 2.75) is 25.4 Å². The van der Waals surface area contributed by atoms with Crippen LogP contribution in [0.15, 0.2) is 41.5 Å². The number of hydrogen-bond acceptors (Lipinski definition) is 3. The maximum atomic E-state index is 12.2. The molecule has 1 heterocycles. The monoisotopic (exact) mass is 272 g/mol. The minimum Gasteiger partial charge on any atom is -0.465 e. The molecule has 0 atom stereocenters. The average molecular weight is 272 g/mol. The molecule has 1 aromatic carbocycles. The van der Waals surface area contributed by atoms with Gasteiger partial charge in [-0.3, -0.25) is 9.13 Å². The summed E-state index contributed by atoms with van der Waals surface area (Å²) >= 11 is 0. The number of aromatic nitrogens is 2. The lowest BCUT2D eigenvalue weighted by atomic mass is 10.1. The highest BCUT2D eigenvalue weighted by atomic mass is 16.5. The van der Waals surface area contributed by atoms with E-state index >= 15 is 0 Å². The molecule has 1 aliphatic carbocycles. The Bertz CT molecular complexity index is 695. The van der Waals surface area contributed by atoms with E-state index in [1.54, 1.807) is 27.5 Å². The fourth-order valence-corrected chi connectivity index (χ4v) is 2.33. The largest absolute Gasteiger partial charge is 0.465 e. The zero-order valence-corrected chi connectivity index (χ0v) is 11.3. The fraction of sp³-hybridized carbons (Fsp3) is 0.333. The Morgan fingerprint density at radius 1 is 1.30 bits per heavy atom. The molecule has 0 unspecified atom stereocenters. The van der Waals surface area contributed by atoms with Gasteiger partial charge in [0.2, 0.25) is 0 Å². The maximum absolute atomic E-state index is 12.2. The number of hydrogen-bond donors (Lipinski definition) is 0. The van der Waals surface area contributed by atoms with Crippen LogP contribution < -0.4 is 5.69 Å². The minimum absolute atomic E-state index is 0.0211. The van der Waals surface area contributed by atoms with E-state index in [4.69, 9.17) is 4.74 Å². The standard InChI is InChI=1S/C15H16N2O3/c1-20-14(18)13-5-3-2-4-11(13)10-16-8-9-17(15(16)19)12-6-7-12/h2-5,8-9,12H,6-7,10H2,1H3. The van der Waals surface area contributed by atoms with Crippen molar-refractivity contribution in [1.82, 2.24) is 9.13 Å². The van der Waals surface area contributed by atoms with Gasteiger partial charge in [-0.25, -0.2) is 9.59 Å². The number of ether oxygens (including phenoxy) is 1. The molecule has 1 saturated carbocycles. The van der Waals surface area contributed by atoms with Crippen molar-refractivity contribution in [2.24, 2.45) is 0 Å². The lowest BCUT2D eigenvalue weighted by Gasteiger charge is -2.07.